The molecular formula is C33H46N6O7S. The van der Waals surface area contributed by atoms with E-state index in [1.807, 2.05) is 41.6 Å². The number of piperazine rings is 1. The summed E-state index contributed by atoms with van der Waals surface area (Å²) in [6.45, 7) is 9.42. The summed E-state index contributed by atoms with van der Waals surface area (Å²) in [7, 11) is 1.24. The number of carbonyl (C=O) groups excluding carboxylic acids is 5. The molecule has 0 radical (unpaired) electrons. The Bertz CT molecular complexity index is 1440. The quantitative estimate of drug-likeness (QED) is 0.221. The van der Waals surface area contributed by atoms with Crippen LogP contribution in [0.25, 0.3) is 10.4 Å². The van der Waals surface area contributed by atoms with Crippen LogP contribution in [0.1, 0.15) is 44.9 Å². The maximum Gasteiger partial charge on any atom is 0.315 e. The van der Waals surface area contributed by atoms with Crippen molar-refractivity contribution >= 4 is 40.9 Å². The highest BCUT2D eigenvalue weighted by molar-refractivity contribution is 7.13. The summed E-state index contributed by atoms with van der Waals surface area (Å²) >= 11 is 1.60. The first-order valence-corrected chi connectivity index (χ1v) is 16.8. The second-order valence-corrected chi connectivity index (χ2v) is 13.6. The number of aliphatic hydroxyl groups is 1. The molecule has 4 amide bonds. The van der Waals surface area contributed by atoms with E-state index in [0.717, 1.165) is 21.7 Å². The third-order valence-corrected chi connectivity index (χ3v) is 10.1. The van der Waals surface area contributed by atoms with Gasteiger partial charge in [-0.3, -0.25) is 28.9 Å². The van der Waals surface area contributed by atoms with Gasteiger partial charge in [-0.15, -0.1) is 11.3 Å². The van der Waals surface area contributed by atoms with Crippen LogP contribution in [-0.2, 0) is 35.1 Å². The number of amides is 4. The van der Waals surface area contributed by atoms with Crippen molar-refractivity contribution in [3.8, 4) is 10.4 Å². The van der Waals surface area contributed by atoms with Gasteiger partial charge in [0.15, 0.2) is 0 Å². The van der Waals surface area contributed by atoms with E-state index in [1.165, 1.54) is 12.0 Å². The number of hydrogen-bond acceptors (Lipinski definition) is 10. The fourth-order valence-corrected chi connectivity index (χ4v) is 6.64. The highest BCUT2D eigenvalue weighted by atomic mass is 32.1. The van der Waals surface area contributed by atoms with Crippen LogP contribution in [-0.4, -0.2) is 125 Å². The molecule has 0 saturated carbocycles. The minimum atomic E-state index is -1.06. The maximum atomic E-state index is 13.8. The number of carbonyl (C=O) groups is 5. The number of esters is 1. The normalized spacial score (nSPS) is 19.3. The van der Waals surface area contributed by atoms with Gasteiger partial charge in [-0.05, 0) is 45.2 Å². The standard InChI is InChI=1S/C33H46N6O7S/c1-21-30(47-20-35-21)24-8-6-23(7-9-24)10-11-34-31(44)26-16-25(40)18-39(26)32(45)33(3,4)22(2)36-27(41)19-37-12-14-38(15-13-37)28(42)17-29(43)46-5/h6-9,20,22,25-26,40H,10-19H2,1-5H3,(H,34,44)(H,36,41)/t22-,25+,26-/m0/s1. The molecule has 2 aromatic rings. The van der Waals surface area contributed by atoms with Gasteiger partial charge in [-0.25, -0.2) is 4.98 Å². The van der Waals surface area contributed by atoms with Crippen molar-refractivity contribution in [1.82, 2.24) is 30.3 Å². The molecule has 0 spiro atoms. The Morgan fingerprint density at radius 3 is 2.40 bits per heavy atom. The zero-order valence-corrected chi connectivity index (χ0v) is 28.6. The SMILES string of the molecule is COC(=O)CC(=O)N1CCN(CC(=O)N[C@@H](C)C(C)(C)C(=O)N2C[C@H](O)C[C@H]2C(=O)NCCc2ccc(-c3scnc3C)cc2)CC1. The van der Waals surface area contributed by atoms with Crippen LogP contribution in [0.15, 0.2) is 29.8 Å². The molecule has 1 aromatic carbocycles. The first-order valence-electron chi connectivity index (χ1n) is 15.9. The lowest BCUT2D eigenvalue weighted by Crippen LogP contribution is -2.57. The van der Waals surface area contributed by atoms with Gasteiger partial charge in [0.1, 0.15) is 12.5 Å². The first-order chi connectivity index (χ1) is 22.3. The molecule has 0 unspecified atom stereocenters. The fraction of sp³-hybridized carbons (Fsp3) is 0.576. The Morgan fingerprint density at radius 2 is 1.79 bits per heavy atom. The van der Waals surface area contributed by atoms with Gasteiger partial charge in [0.25, 0.3) is 0 Å². The molecule has 2 aliphatic heterocycles. The van der Waals surface area contributed by atoms with Crippen molar-refractivity contribution in [3.05, 3.63) is 41.0 Å². The Hall–Kier alpha value is -3.88. The number of methoxy groups -OCH3 is 1. The average Bonchev–Trinajstić information content (AvgIpc) is 3.66. The summed E-state index contributed by atoms with van der Waals surface area (Å²) in [5, 5.41) is 16.3. The molecule has 4 rings (SSSR count). The zero-order chi connectivity index (χ0) is 34.3. The molecule has 47 heavy (non-hydrogen) atoms. The number of aromatic nitrogens is 1. The van der Waals surface area contributed by atoms with E-state index < -0.39 is 29.6 Å². The molecule has 3 atom stereocenters. The van der Waals surface area contributed by atoms with E-state index in [-0.39, 0.29) is 49.6 Å². The van der Waals surface area contributed by atoms with Gasteiger partial charge in [-0.2, -0.15) is 0 Å². The number of aliphatic hydroxyl groups excluding tert-OH is 1. The lowest BCUT2D eigenvalue weighted by atomic mass is 9.83. The second-order valence-electron chi connectivity index (χ2n) is 12.8. The van der Waals surface area contributed by atoms with Gasteiger partial charge >= 0.3 is 5.97 Å². The van der Waals surface area contributed by atoms with Crippen molar-refractivity contribution in [1.29, 1.82) is 0 Å². The second kappa shape index (κ2) is 15.8. The molecule has 13 nitrogen and oxygen atoms in total. The van der Waals surface area contributed by atoms with Crippen molar-refractivity contribution in [2.45, 2.75) is 65.1 Å². The van der Waals surface area contributed by atoms with Gasteiger partial charge in [0.05, 0.1) is 41.3 Å². The molecule has 2 saturated heterocycles. The van der Waals surface area contributed by atoms with Crippen LogP contribution in [0.2, 0.25) is 0 Å². The predicted molar refractivity (Wildman–Crippen MR) is 176 cm³/mol. The lowest BCUT2D eigenvalue weighted by molar-refractivity contribution is -0.147. The van der Waals surface area contributed by atoms with Crippen molar-refractivity contribution < 1.29 is 33.8 Å². The van der Waals surface area contributed by atoms with E-state index in [4.69, 9.17) is 0 Å². The minimum Gasteiger partial charge on any atom is -0.469 e. The third-order valence-electron chi connectivity index (χ3n) is 9.14. The summed E-state index contributed by atoms with van der Waals surface area (Å²) in [6.07, 6.45) is -0.371. The number of benzene rings is 1. The van der Waals surface area contributed by atoms with Crippen LogP contribution in [0.5, 0.6) is 0 Å². The van der Waals surface area contributed by atoms with Crippen LogP contribution in [0, 0.1) is 12.3 Å². The van der Waals surface area contributed by atoms with Crippen LogP contribution in [0.4, 0.5) is 0 Å². The number of aryl methyl sites for hydroxylation is 1. The Kier molecular flexibility index (Phi) is 12.1. The van der Waals surface area contributed by atoms with E-state index in [9.17, 15) is 29.1 Å². The number of likely N-dealkylation sites (tertiary alicyclic amines) is 1. The Labute approximate surface area is 279 Å². The maximum absolute atomic E-state index is 13.8. The highest BCUT2D eigenvalue weighted by Gasteiger charge is 2.46. The molecule has 2 fully saturated rings. The summed E-state index contributed by atoms with van der Waals surface area (Å²) < 4.78 is 4.56. The van der Waals surface area contributed by atoms with Crippen LogP contribution >= 0.6 is 11.3 Å². The van der Waals surface area contributed by atoms with E-state index in [0.29, 0.717) is 39.1 Å². The van der Waals surface area contributed by atoms with Crippen molar-refractivity contribution in [2.75, 3.05) is 52.9 Å². The first kappa shape index (κ1) is 36.0. The predicted octanol–water partition coefficient (Wildman–Crippen LogP) is 0.977. The van der Waals surface area contributed by atoms with Crippen LogP contribution in [0.3, 0.4) is 0 Å². The largest absolute Gasteiger partial charge is 0.469 e. The number of nitrogens with one attached hydrogen (secondary N) is 2. The zero-order valence-electron chi connectivity index (χ0n) is 27.8. The number of hydrogen-bond donors (Lipinski definition) is 3. The van der Waals surface area contributed by atoms with Crippen molar-refractivity contribution in [3.63, 3.8) is 0 Å². The summed E-state index contributed by atoms with van der Waals surface area (Å²) in [4.78, 5) is 73.9. The third kappa shape index (κ3) is 9.14. The van der Waals surface area contributed by atoms with E-state index in [1.54, 1.807) is 37.0 Å². The molecule has 3 heterocycles. The topological polar surface area (TPSA) is 161 Å². The molecule has 2 aliphatic rings. The monoisotopic (exact) mass is 670 g/mol. The highest BCUT2D eigenvalue weighted by Crippen LogP contribution is 2.30. The molecule has 14 heteroatoms. The Balaban J connectivity index is 1.25. The molecule has 3 N–H and O–H groups in total. The average molecular weight is 671 g/mol. The van der Waals surface area contributed by atoms with Crippen molar-refractivity contribution in [2.24, 2.45) is 5.41 Å². The van der Waals surface area contributed by atoms with Gasteiger partial charge in [0, 0.05) is 51.7 Å². The molecule has 0 bridgehead atoms. The number of β-amino-alcohol motifs (C(OH)–C–C–N with tert-alkyl or cyclic N) is 1. The van der Waals surface area contributed by atoms with Gasteiger partial charge in [-0.1, -0.05) is 24.3 Å². The summed E-state index contributed by atoms with van der Waals surface area (Å²) in [5.74, 6) is -1.80. The smallest absolute Gasteiger partial charge is 0.315 e. The lowest BCUT2D eigenvalue weighted by Gasteiger charge is -2.37. The number of rotatable bonds is 12. The number of nitrogens with zero attached hydrogens (tertiary/aromatic N) is 4. The fourth-order valence-electron chi connectivity index (χ4n) is 5.83. The molecule has 1 aromatic heterocycles. The summed E-state index contributed by atoms with van der Waals surface area (Å²) in [6, 6.07) is 6.78. The molecule has 256 valence electrons. The van der Waals surface area contributed by atoms with E-state index >= 15 is 0 Å². The molecule has 0 aliphatic carbocycles. The Morgan fingerprint density at radius 1 is 1.11 bits per heavy atom. The summed E-state index contributed by atoms with van der Waals surface area (Å²) in [5.41, 5.74) is 3.93. The van der Waals surface area contributed by atoms with Gasteiger partial charge < -0.3 is 30.3 Å². The number of thiazole rings is 1. The van der Waals surface area contributed by atoms with E-state index in [2.05, 4.69) is 20.4 Å². The van der Waals surface area contributed by atoms with Crippen LogP contribution < -0.4 is 10.6 Å². The minimum absolute atomic E-state index is 0.0401. The number of ether oxygens (including phenoxy) is 1. The molecular weight excluding hydrogens is 624 g/mol. The van der Waals surface area contributed by atoms with Gasteiger partial charge in [0.2, 0.25) is 23.6 Å².